The van der Waals surface area contributed by atoms with E-state index in [1.807, 2.05) is 26.0 Å². The first-order valence-corrected chi connectivity index (χ1v) is 8.93. The number of hydrogen-bond donors (Lipinski definition) is 0. The monoisotopic (exact) mass is 335 g/mol. The molecule has 0 N–H and O–H groups in total. The van der Waals surface area contributed by atoms with Crippen LogP contribution in [0.25, 0.3) is 0 Å². The van der Waals surface area contributed by atoms with E-state index in [0.29, 0.717) is 19.5 Å². The summed E-state index contributed by atoms with van der Waals surface area (Å²) >= 11 is 2.91. The molecule has 3 rings (SSSR count). The summed E-state index contributed by atoms with van der Waals surface area (Å²) in [5, 5.41) is 0.904. The summed E-state index contributed by atoms with van der Waals surface area (Å²) in [6.07, 6.45) is 2.08. The second-order valence-corrected chi connectivity index (χ2v) is 7.38. The van der Waals surface area contributed by atoms with Crippen LogP contribution >= 0.6 is 23.1 Å². The third-order valence-corrected chi connectivity index (χ3v) is 5.79. The van der Waals surface area contributed by atoms with E-state index in [2.05, 4.69) is 4.98 Å². The molecule has 0 aromatic carbocycles. The fourth-order valence-electron chi connectivity index (χ4n) is 2.50. The number of rotatable bonds is 3. The Balaban J connectivity index is 1.75. The molecule has 1 aliphatic heterocycles. The molecule has 22 heavy (non-hydrogen) atoms. The maximum absolute atomic E-state index is 12.5. The molecular weight excluding hydrogens is 318 g/mol. The van der Waals surface area contributed by atoms with Gasteiger partial charge in [0.15, 0.2) is 0 Å². The predicted octanol–water partition coefficient (Wildman–Crippen LogP) is 2.45. The molecule has 1 aliphatic rings. The van der Waals surface area contributed by atoms with Gasteiger partial charge in [-0.1, -0.05) is 11.3 Å². The van der Waals surface area contributed by atoms with E-state index in [1.54, 1.807) is 27.4 Å². The zero-order valence-electron chi connectivity index (χ0n) is 12.5. The Bertz CT molecular complexity index is 766. The minimum atomic E-state index is 0.0130. The Morgan fingerprint density at radius 3 is 2.95 bits per heavy atom. The maximum atomic E-state index is 12.5. The van der Waals surface area contributed by atoms with Crippen molar-refractivity contribution in [2.75, 3.05) is 17.2 Å². The number of amides is 1. The SMILES string of the molecule is Cc1sc(=O)n(CCC(=O)N2CCSc3ncccc32)c1C. The van der Waals surface area contributed by atoms with Gasteiger partial charge in [0.05, 0.1) is 5.69 Å². The molecule has 0 aliphatic carbocycles. The standard InChI is InChI=1S/C15H17N3O2S2/c1-10-11(2)22-15(20)17(10)7-5-13(19)18-8-9-21-14-12(18)4-3-6-16-14/h3-4,6H,5,7-9H2,1-2H3. The fourth-order valence-corrected chi connectivity index (χ4v) is 4.29. The van der Waals surface area contributed by atoms with Gasteiger partial charge in [-0.3, -0.25) is 9.59 Å². The number of nitrogens with zero attached hydrogens (tertiary/aromatic N) is 3. The lowest BCUT2D eigenvalue weighted by atomic mass is 10.3. The first-order chi connectivity index (χ1) is 10.6. The fraction of sp³-hybridized carbons (Fsp3) is 0.400. The molecule has 7 heteroatoms. The third-order valence-electron chi connectivity index (χ3n) is 3.82. The Labute approximate surface area is 137 Å². The van der Waals surface area contributed by atoms with Crippen molar-refractivity contribution in [1.82, 2.24) is 9.55 Å². The average Bonchev–Trinajstić information content (AvgIpc) is 2.77. The average molecular weight is 335 g/mol. The van der Waals surface area contributed by atoms with Gasteiger partial charge in [0.25, 0.3) is 0 Å². The lowest BCUT2D eigenvalue weighted by Crippen LogP contribution is -2.36. The zero-order valence-corrected chi connectivity index (χ0v) is 14.2. The highest BCUT2D eigenvalue weighted by Gasteiger charge is 2.23. The van der Waals surface area contributed by atoms with Gasteiger partial charge in [0.1, 0.15) is 5.03 Å². The van der Waals surface area contributed by atoms with Crippen molar-refractivity contribution in [3.05, 3.63) is 38.6 Å². The van der Waals surface area contributed by atoms with E-state index >= 15 is 0 Å². The van der Waals surface area contributed by atoms with Crippen LogP contribution in [-0.4, -0.2) is 27.8 Å². The summed E-state index contributed by atoms with van der Waals surface area (Å²) in [6.45, 7) is 4.99. The van der Waals surface area contributed by atoms with Gasteiger partial charge in [-0.05, 0) is 26.0 Å². The molecule has 0 saturated heterocycles. The second kappa shape index (κ2) is 6.26. The number of thiazole rings is 1. The number of carbonyl (C=O) groups excluding carboxylic acids is 1. The van der Waals surface area contributed by atoms with E-state index in [1.165, 1.54) is 11.3 Å². The van der Waals surface area contributed by atoms with Crippen molar-refractivity contribution in [3.8, 4) is 0 Å². The van der Waals surface area contributed by atoms with Crippen molar-refractivity contribution in [2.24, 2.45) is 0 Å². The topological polar surface area (TPSA) is 55.2 Å². The number of carbonyl (C=O) groups is 1. The number of aromatic nitrogens is 2. The van der Waals surface area contributed by atoms with E-state index in [0.717, 1.165) is 27.0 Å². The van der Waals surface area contributed by atoms with Crippen LogP contribution in [0.1, 0.15) is 17.0 Å². The van der Waals surface area contributed by atoms with Crippen LogP contribution in [0.3, 0.4) is 0 Å². The van der Waals surface area contributed by atoms with Crippen LogP contribution in [0, 0.1) is 13.8 Å². The summed E-state index contributed by atoms with van der Waals surface area (Å²) < 4.78 is 1.70. The molecule has 5 nitrogen and oxygen atoms in total. The first-order valence-electron chi connectivity index (χ1n) is 7.13. The lowest BCUT2D eigenvalue weighted by molar-refractivity contribution is -0.118. The molecule has 0 fully saturated rings. The number of hydrogen-bond acceptors (Lipinski definition) is 5. The third kappa shape index (κ3) is 2.83. The highest BCUT2D eigenvalue weighted by Crippen LogP contribution is 2.32. The number of aryl methyl sites for hydroxylation is 1. The van der Waals surface area contributed by atoms with E-state index in [9.17, 15) is 9.59 Å². The molecule has 116 valence electrons. The van der Waals surface area contributed by atoms with Crippen molar-refractivity contribution < 1.29 is 4.79 Å². The maximum Gasteiger partial charge on any atom is 0.307 e. The molecule has 1 amide bonds. The van der Waals surface area contributed by atoms with Gasteiger partial charge in [-0.2, -0.15) is 0 Å². The van der Waals surface area contributed by atoms with Crippen molar-refractivity contribution in [3.63, 3.8) is 0 Å². The first kappa shape index (κ1) is 15.3. The number of thioether (sulfide) groups is 1. The van der Waals surface area contributed by atoms with Crippen LogP contribution in [-0.2, 0) is 11.3 Å². The van der Waals surface area contributed by atoms with E-state index < -0.39 is 0 Å². The molecule has 2 aromatic heterocycles. The van der Waals surface area contributed by atoms with Crippen LogP contribution in [0.5, 0.6) is 0 Å². The molecular formula is C15H17N3O2S2. The van der Waals surface area contributed by atoms with Crippen LogP contribution < -0.4 is 9.77 Å². The van der Waals surface area contributed by atoms with Gasteiger partial charge < -0.3 is 9.47 Å². The van der Waals surface area contributed by atoms with Crippen LogP contribution in [0.15, 0.2) is 28.2 Å². The Kier molecular flexibility index (Phi) is 4.35. The minimum absolute atomic E-state index is 0.0130. The quantitative estimate of drug-likeness (QED) is 0.864. The van der Waals surface area contributed by atoms with Gasteiger partial charge in [-0.25, -0.2) is 4.98 Å². The molecule has 3 heterocycles. The predicted molar refractivity (Wildman–Crippen MR) is 90.0 cm³/mol. The zero-order chi connectivity index (χ0) is 15.7. The van der Waals surface area contributed by atoms with Gasteiger partial charge >= 0.3 is 4.87 Å². The van der Waals surface area contributed by atoms with Crippen molar-refractivity contribution in [2.45, 2.75) is 31.8 Å². The second-order valence-electron chi connectivity index (χ2n) is 5.13. The van der Waals surface area contributed by atoms with Gasteiger partial charge in [0, 0.05) is 42.0 Å². The van der Waals surface area contributed by atoms with Gasteiger partial charge in [-0.15, -0.1) is 11.8 Å². The van der Waals surface area contributed by atoms with E-state index in [-0.39, 0.29) is 10.8 Å². The van der Waals surface area contributed by atoms with Crippen molar-refractivity contribution >= 4 is 34.7 Å². The van der Waals surface area contributed by atoms with Crippen molar-refractivity contribution in [1.29, 1.82) is 0 Å². The number of fused-ring (bicyclic) bond motifs is 1. The van der Waals surface area contributed by atoms with Crippen LogP contribution in [0.2, 0.25) is 0 Å². The molecule has 0 saturated carbocycles. The Hall–Kier alpha value is -1.60. The molecule has 0 spiro atoms. The summed E-state index contributed by atoms with van der Waals surface area (Å²) in [7, 11) is 0. The normalized spacial score (nSPS) is 14.0. The summed E-state index contributed by atoms with van der Waals surface area (Å²) in [4.78, 5) is 31.6. The Morgan fingerprint density at radius 2 is 2.23 bits per heavy atom. The molecule has 0 unspecified atom stereocenters. The van der Waals surface area contributed by atoms with E-state index in [4.69, 9.17) is 0 Å². The molecule has 0 radical (unpaired) electrons. The summed E-state index contributed by atoms with van der Waals surface area (Å²) in [5.41, 5.74) is 1.84. The van der Waals surface area contributed by atoms with Gasteiger partial charge in [0.2, 0.25) is 5.91 Å². The molecule has 0 atom stereocenters. The summed E-state index contributed by atoms with van der Waals surface area (Å²) in [6, 6.07) is 3.78. The highest BCUT2D eigenvalue weighted by molar-refractivity contribution is 7.99. The molecule has 0 bridgehead atoms. The molecule has 2 aromatic rings. The lowest BCUT2D eigenvalue weighted by Gasteiger charge is -2.28. The minimum Gasteiger partial charge on any atom is -0.309 e. The largest absolute Gasteiger partial charge is 0.309 e. The number of anilines is 1. The highest BCUT2D eigenvalue weighted by atomic mass is 32.2. The van der Waals surface area contributed by atoms with Crippen LogP contribution in [0.4, 0.5) is 5.69 Å². The Morgan fingerprint density at radius 1 is 1.41 bits per heavy atom. The smallest absolute Gasteiger partial charge is 0.307 e. The number of pyridine rings is 1. The summed E-state index contributed by atoms with van der Waals surface area (Å²) in [5.74, 6) is 0.899.